The first-order valence-corrected chi connectivity index (χ1v) is 5.90. The van der Waals surface area contributed by atoms with Gasteiger partial charge in [-0.2, -0.15) is 13.2 Å². The standard InChI is InChI=1S/C11H12BrF3O/c12-6-10(7-16-8-11(13,14)15)9-4-2-1-3-5-9/h1-5,10H,6-8H2. The third-order valence-electron chi connectivity index (χ3n) is 2.04. The van der Waals surface area contributed by atoms with Crippen molar-refractivity contribution >= 4 is 15.9 Å². The Morgan fingerprint density at radius 3 is 2.31 bits per heavy atom. The van der Waals surface area contributed by atoms with E-state index in [2.05, 4.69) is 20.7 Å². The Labute approximate surface area is 101 Å². The SMILES string of the molecule is FC(F)(F)COCC(CBr)c1ccccc1. The molecule has 0 N–H and O–H groups in total. The number of rotatable bonds is 5. The van der Waals surface area contributed by atoms with Gasteiger partial charge in [0, 0.05) is 11.2 Å². The zero-order chi connectivity index (χ0) is 12.0. The van der Waals surface area contributed by atoms with Gasteiger partial charge in [-0.05, 0) is 5.56 Å². The van der Waals surface area contributed by atoms with Crippen LogP contribution in [-0.2, 0) is 4.74 Å². The molecule has 1 nitrogen and oxygen atoms in total. The summed E-state index contributed by atoms with van der Waals surface area (Å²) in [4.78, 5) is 0. The molecule has 0 saturated carbocycles. The van der Waals surface area contributed by atoms with E-state index in [0.717, 1.165) is 5.56 Å². The lowest BCUT2D eigenvalue weighted by molar-refractivity contribution is -0.174. The highest BCUT2D eigenvalue weighted by molar-refractivity contribution is 9.09. The third-order valence-corrected chi connectivity index (χ3v) is 2.82. The average Bonchev–Trinajstić information content (AvgIpc) is 2.24. The fourth-order valence-corrected chi connectivity index (χ4v) is 1.83. The molecule has 0 aliphatic rings. The molecule has 0 heterocycles. The smallest absolute Gasteiger partial charge is 0.371 e. The molecule has 0 aliphatic heterocycles. The normalized spacial score (nSPS) is 13.8. The monoisotopic (exact) mass is 296 g/mol. The van der Waals surface area contributed by atoms with E-state index in [1.54, 1.807) is 0 Å². The molecule has 0 amide bonds. The summed E-state index contributed by atoms with van der Waals surface area (Å²) in [6.45, 7) is -1.13. The average molecular weight is 297 g/mol. The first-order chi connectivity index (χ1) is 7.53. The molecule has 0 saturated heterocycles. The summed E-state index contributed by atoms with van der Waals surface area (Å²) in [5, 5.41) is 0.578. The van der Waals surface area contributed by atoms with Gasteiger partial charge in [0.15, 0.2) is 0 Å². The van der Waals surface area contributed by atoms with Crippen molar-refractivity contribution in [3.05, 3.63) is 35.9 Å². The maximum Gasteiger partial charge on any atom is 0.411 e. The van der Waals surface area contributed by atoms with E-state index < -0.39 is 12.8 Å². The molecule has 5 heteroatoms. The highest BCUT2D eigenvalue weighted by atomic mass is 79.9. The van der Waals surface area contributed by atoms with Crippen LogP contribution < -0.4 is 0 Å². The Hall–Kier alpha value is -0.550. The van der Waals surface area contributed by atoms with Crippen LogP contribution in [0.4, 0.5) is 13.2 Å². The largest absolute Gasteiger partial charge is 0.411 e. The van der Waals surface area contributed by atoms with E-state index >= 15 is 0 Å². The highest BCUT2D eigenvalue weighted by Gasteiger charge is 2.27. The molecule has 0 bridgehead atoms. The minimum atomic E-state index is -4.26. The Kier molecular flexibility index (Phi) is 5.28. The maximum atomic E-state index is 11.9. The summed E-state index contributed by atoms with van der Waals surface area (Å²) in [6, 6.07) is 9.33. The molecule has 1 aromatic carbocycles. The van der Waals surface area contributed by atoms with Crippen molar-refractivity contribution in [3.63, 3.8) is 0 Å². The third kappa shape index (κ3) is 4.99. The van der Waals surface area contributed by atoms with Gasteiger partial charge in [0.1, 0.15) is 6.61 Å². The minimum absolute atomic E-state index is 0.0523. The van der Waals surface area contributed by atoms with Gasteiger partial charge in [0.25, 0.3) is 0 Å². The molecule has 1 rings (SSSR count). The van der Waals surface area contributed by atoms with Crippen molar-refractivity contribution in [1.82, 2.24) is 0 Å². The predicted octanol–water partition coefficient (Wildman–Crippen LogP) is 3.74. The van der Waals surface area contributed by atoms with Crippen molar-refractivity contribution in [3.8, 4) is 0 Å². The van der Waals surface area contributed by atoms with Gasteiger partial charge in [-0.15, -0.1) is 0 Å². The fraction of sp³-hybridized carbons (Fsp3) is 0.455. The molecule has 1 atom stereocenters. The lowest BCUT2D eigenvalue weighted by Crippen LogP contribution is -2.20. The van der Waals surface area contributed by atoms with E-state index in [-0.39, 0.29) is 12.5 Å². The minimum Gasteiger partial charge on any atom is -0.371 e. The van der Waals surface area contributed by atoms with Crippen LogP contribution in [-0.4, -0.2) is 24.7 Å². The van der Waals surface area contributed by atoms with Crippen LogP contribution in [0.1, 0.15) is 11.5 Å². The molecule has 90 valence electrons. The summed E-state index contributed by atoms with van der Waals surface area (Å²) in [5.74, 6) is -0.0523. The fourth-order valence-electron chi connectivity index (χ4n) is 1.27. The van der Waals surface area contributed by atoms with Crippen LogP contribution in [0.25, 0.3) is 0 Å². The first kappa shape index (κ1) is 13.5. The first-order valence-electron chi connectivity index (χ1n) is 4.78. The van der Waals surface area contributed by atoms with Gasteiger partial charge in [0.2, 0.25) is 0 Å². The van der Waals surface area contributed by atoms with E-state index in [9.17, 15) is 13.2 Å². The topological polar surface area (TPSA) is 9.23 Å². The number of benzene rings is 1. The van der Waals surface area contributed by atoms with Crippen molar-refractivity contribution in [2.75, 3.05) is 18.5 Å². The Morgan fingerprint density at radius 1 is 1.19 bits per heavy atom. The summed E-state index contributed by atoms with van der Waals surface area (Å²) < 4.78 is 40.3. The quantitative estimate of drug-likeness (QED) is 0.752. The molecule has 0 fully saturated rings. The Morgan fingerprint density at radius 2 is 1.81 bits per heavy atom. The van der Waals surface area contributed by atoms with Crippen LogP contribution in [0.5, 0.6) is 0 Å². The number of halogens is 4. The molecule has 0 radical (unpaired) electrons. The van der Waals surface area contributed by atoms with Crippen LogP contribution >= 0.6 is 15.9 Å². The van der Waals surface area contributed by atoms with Crippen molar-refractivity contribution < 1.29 is 17.9 Å². The number of alkyl halides is 4. The Bertz CT molecular complexity index is 300. The van der Waals surface area contributed by atoms with E-state index in [1.165, 1.54) is 0 Å². The van der Waals surface area contributed by atoms with Gasteiger partial charge >= 0.3 is 6.18 Å². The van der Waals surface area contributed by atoms with Crippen molar-refractivity contribution in [2.45, 2.75) is 12.1 Å². The molecular formula is C11H12BrF3O. The van der Waals surface area contributed by atoms with Gasteiger partial charge in [-0.3, -0.25) is 0 Å². The second-order valence-corrected chi connectivity index (χ2v) is 4.04. The molecule has 0 spiro atoms. The lowest BCUT2D eigenvalue weighted by Gasteiger charge is -2.15. The molecule has 0 aliphatic carbocycles. The van der Waals surface area contributed by atoms with Gasteiger partial charge in [-0.1, -0.05) is 46.3 Å². The lowest BCUT2D eigenvalue weighted by atomic mass is 10.0. The molecule has 16 heavy (non-hydrogen) atoms. The van der Waals surface area contributed by atoms with E-state index in [0.29, 0.717) is 5.33 Å². The summed E-state index contributed by atoms with van der Waals surface area (Å²) in [5.41, 5.74) is 0.974. The van der Waals surface area contributed by atoms with Crippen LogP contribution in [0.2, 0.25) is 0 Å². The number of hydrogen-bond donors (Lipinski definition) is 0. The van der Waals surface area contributed by atoms with E-state index in [1.807, 2.05) is 30.3 Å². The Balaban J connectivity index is 2.45. The zero-order valence-corrected chi connectivity index (χ0v) is 10.1. The molecular weight excluding hydrogens is 285 g/mol. The zero-order valence-electron chi connectivity index (χ0n) is 8.51. The van der Waals surface area contributed by atoms with Crippen LogP contribution in [0.15, 0.2) is 30.3 Å². The number of ether oxygens (including phenoxy) is 1. The number of hydrogen-bond acceptors (Lipinski definition) is 1. The summed E-state index contributed by atoms with van der Waals surface area (Å²) in [7, 11) is 0. The van der Waals surface area contributed by atoms with E-state index in [4.69, 9.17) is 0 Å². The second-order valence-electron chi connectivity index (χ2n) is 3.39. The molecule has 0 aromatic heterocycles. The van der Waals surface area contributed by atoms with Crippen molar-refractivity contribution in [1.29, 1.82) is 0 Å². The van der Waals surface area contributed by atoms with Gasteiger partial charge in [0.05, 0.1) is 6.61 Å². The van der Waals surface area contributed by atoms with Gasteiger partial charge in [-0.25, -0.2) is 0 Å². The van der Waals surface area contributed by atoms with Crippen LogP contribution in [0.3, 0.4) is 0 Å². The van der Waals surface area contributed by atoms with Gasteiger partial charge < -0.3 is 4.74 Å². The predicted molar refractivity (Wildman–Crippen MR) is 59.9 cm³/mol. The summed E-state index contributed by atoms with van der Waals surface area (Å²) >= 11 is 3.27. The van der Waals surface area contributed by atoms with Crippen molar-refractivity contribution in [2.24, 2.45) is 0 Å². The molecule has 1 unspecified atom stereocenters. The summed E-state index contributed by atoms with van der Waals surface area (Å²) in [6.07, 6.45) is -4.26. The highest BCUT2D eigenvalue weighted by Crippen LogP contribution is 2.20. The molecule has 1 aromatic rings. The maximum absolute atomic E-state index is 11.9. The van der Waals surface area contributed by atoms with Crippen LogP contribution in [0, 0.1) is 0 Å². The second kappa shape index (κ2) is 6.25.